The Bertz CT molecular complexity index is 1190. The summed E-state index contributed by atoms with van der Waals surface area (Å²) in [7, 11) is -2.55. The fourth-order valence-corrected chi connectivity index (χ4v) is 6.23. The van der Waals surface area contributed by atoms with Crippen molar-refractivity contribution in [1.82, 2.24) is 24.3 Å². The first kappa shape index (κ1) is 21.4. The fraction of sp³-hybridized carbons (Fsp3) is 0.368. The van der Waals surface area contributed by atoms with Gasteiger partial charge in [0.05, 0.1) is 12.8 Å². The van der Waals surface area contributed by atoms with Crippen LogP contribution in [0.25, 0.3) is 5.82 Å². The lowest BCUT2D eigenvalue weighted by Crippen LogP contribution is -2.49. The van der Waals surface area contributed by atoms with E-state index in [9.17, 15) is 13.2 Å². The third kappa shape index (κ3) is 4.05. The number of thiophene rings is 1. The van der Waals surface area contributed by atoms with Crippen LogP contribution < -0.4 is 4.90 Å². The molecule has 10 nitrogen and oxygen atoms in total. The fourth-order valence-electron chi connectivity index (χ4n) is 3.50. The van der Waals surface area contributed by atoms with Gasteiger partial charge in [0.15, 0.2) is 11.6 Å². The van der Waals surface area contributed by atoms with Crippen molar-refractivity contribution in [3.63, 3.8) is 0 Å². The van der Waals surface area contributed by atoms with Crippen molar-refractivity contribution < 1.29 is 17.9 Å². The number of carbonyl (C=O) groups excluding carboxylic acids is 1. The van der Waals surface area contributed by atoms with Crippen molar-refractivity contribution in [1.29, 1.82) is 0 Å². The van der Waals surface area contributed by atoms with Crippen molar-refractivity contribution in [2.45, 2.75) is 18.7 Å². The molecule has 4 rings (SSSR count). The van der Waals surface area contributed by atoms with Gasteiger partial charge in [0.25, 0.3) is 0 Å². The Morgan fingerprint density at radius 3 is 2.32 bits per heavy atom. The molecule has 31 heavy (non-hydrogen) atoms. The molecule has 0 atom stereocenters. The zero-order valence-corrected chi connectivity index (χ0v) is 19.0. The molecule has 0 bridgehead atoms. The summed E-state index contributed by atoms with van der Waals surface area (Å²) in [6.45, 7) is 5.35. The molecule has 1 aliphatic rings. The molecule has 0 amide bonds. The van der Waals surface area contributed by atoms with Gasteiger partial charge in [0.1, 0.15) is 9.77 Å². The zero-order valence-electron chi connectivity index (χ0n) is 17.3. The maximum absolute atomic E-state index is 13.0. The number of carbonyl (C=O) groups is 1. The lowest BCUT2D eigenvalue weighted by atomic mass is 10.3. The van der Waals surface area contributed by atoms with Crippen LogP contribution >= 0.6 is 11.3 Å². The highest BCUT2D eigenvalue weighted by Crippen LogP contribution is 2.27. The normalized spacial score (nSPS) is 15.3. The van der Waals surface area contributed by atoms with Gasteiger partial charge in [-0.1, -0.05) is 0 Å². The zero-order chi connectivity index (χ0) is 22.2. The molecule has 0 N–H and O–H groups in total. The van der Waals surface area contributed by atoms with Gasteiger partial charge in [-0.25, -0.2) is 17.9 Å². The first-order valence-electron chi connectivity index (χ1n) is 9.59. The van der Waals surface area contributed by atoms with Crippen molar-refractivity contribution in [3.8, 4) is 5.82 Å². The van der Waals surface area contributed by atoms with Gasteiger partial charge in [-0.15, -0.1) is 21.5 Å². The number of aromatic nitrogens is 4. The molecule has 0 aliphatic carbocycles. The molecule has 0 saturated carbocycles. The van der Waals surface area contributed by atoms with Crippen LogP contribution in [0.15, 0.2) is 34.5 Å². The second-order valence-electron chi connectivity index (χ2n) is 7.09. The molecule has 1 saturated heterocycles. The molecule has 0 unspecified atom stereocenters. The summed E-state index contributed by atoms with van der Waals surface area (Å²) in [4.78, 5) is 14.0. The number of esters is 1. The third-order valence-corrected chi connectivity index (χ3v) is 8.01. The van der Waals surface area contributed by atoms with E-state index in [1.165, 1.54) is 17.5 Å². The molecule has 0 radical (unpaired) electrons. The Balaban J connectivity index is 1.46. The van der Waals surface area contributed by atoms with E-state index in [-0.39, 0.29) is 22.9 Å². The summed E-state index contributed by atoms with van der Waals surface area (Å²) in [6, 6.07) is 7.12. The van der Waals surface area contributed by atoms with Gasteiger partial charge >= 0.3 is 5.97 Å². The van der Waals surface area contributed by atoms with Crippen LogP contribution in [-0.4, -0.2) is 72.0 Å². The number of ether oxygens (including phenoxy) is 1. The maximum Gasteiger partial charge on any atom is 0.349 e. The van der Waals surface area contributed by atoms with Crippen molar-refractivity contribution in [2.75, 3.05) is 38.2 Å². The average molecular weight is 463 g/mol. The van der Waals surface area contributed by atoms with Crippen molar-refractivity contribution >= 4 is 33.1 Å². The molecule has 164 valence electrons. The van der Waals surface area contributed by atoms with Gasteiger partial charge in [-0.05, 0) is 43.5 Å². The summed E-state index contributed by atoms with van der Waals surface area (Å²) < 4.78 is 33.9. The second kappa shape index (κ2) is 8.36. The molecule has 1 fully saturated rings. The number of piperazine rings is 1. The van der Waals surface area contributed by atoms with E-state index in [1.807, 2.05) is 36.9 Å². The topological polar surface area (TPSA) is 111 Å². The van der Waals surface area contributed by atoms with Crippen molar-refractivity contribution in [3.05, 3.63) is 45.9 Å². The van der Waals surface area contributed by atoms with Crippen LogP contribution in [-0.2, 0) is 14.8 Å². The van der Waals surface area contributed by atoms with Gasteiger partial charge in [0.2, 0.25) is 10.0 Å². The van der Waals surface area contributed by atoms with E-state index >= 15 is 0 Å². The Morgan fingerprint density at radius 1 is 1.06 bits per heavy atom. The lowest BCUT2D eigenvalue weighted by Gasteiger charge is -2.34. The quantitative estimate of drug-likeness (QED) is 0.526. The molecular formula is C19H22N6O4S2. The highest BCUT2D eigenvalue weighted by atomic mass is 32.2. The number of sulfonamides is 1. The molecule has 0 aromatic carbocycles. The Labute approximate surface area is 184 Å². The summed E-state index contributed by atoms with van der Waals surface area (Å²) >= 11 is 1.06. The minimum absolute atomic E-state index is 0.00756. The number of anilines is 1. The predicted molar refractivity (Wildman–Crippen MR) is 115 cm³/mol. The SMILES string of the molecule is COC(=O)c1sccc1S(=O)(=O)N1CCN(c2ccc(-n3nc(C)cc3C)nn2)CC1. The van der Waals surface area contributed by atoms with Gasteiger partial charge < -0.3 is 9.64 Å². The van der Waals surface area contributed by atoms with Crippen LogP contribution in [0.4, 0.5) is 5.82 Å². The van der Waals surface area contributed by atoms with Crippen LogP contribution in [0.5, 0.6) is 0 Å². The number of aryl methyl sites for hydroxylation is 2. The van der Waals surface area contributed by atoms with E-state index in [1.54, 1.807) is 10.1 Å². The largest absolute Gasteiger partial charge is 0.465 e. The third-order valence-electron chi connectivity index (χ3n) is 5.04. The summed E-state index contributed by atoms with van der Waals surface area (Å²) in [5.41, 5.74) is 1.87. The van der Waals surface area contributed by atoms with E-state index in [2.05, 4.69) is 15.3 Å². The predicted octanol–water partition coefficient (Wildman–Crippen LogP) is 1.64. The highest BCUT2D eigenvalue weighted by Gasteiger charge is 2.33. The Hall–Kier alpha value is -2.83. The summed E-state index contributed by atoms with van der Waals surface area (Å²) in [5.74, 6) is 0.654. The molecule has 12 heteroatoms. The van der Waals surface area contributed by atoms with Crippen LogP contribution in [0.3, 0.4) is 0 Å². The minimum Gasteiger partial charge on any atom is -0.465 e. The number of rotatable bonds is 5. The van der Waals surface area contributed by atoms with Crippen LogP contribution in [0, 0.1) is 13.8 Å². The first-order chi connectivity index (χ1) is 14.8. The Kier molecular flexibility index (Phi) is 5.77. The molecule has 4 heterocycles. The number of nitrogens with zero attached hydrogens (tertiary/aromatic N) is 6. The van der Waals surface area contributed by atoms with Crippen molar-refractivity contribution in [2.24, 2.45) is 0 Å². The van der Waals surface area contributed by atoms with E-state index in [0.29, 0.717) is 24.7 Å². The molecule has 3 aromatic rings. The smallest absolute Gasteiger partial charge is 0.349 e. The average Bonchev–Trinajstić information content (AvgIpc) is 3.40. The molecular weight excluding hydrogens is 440 g/mol. The van der Waals surface area contributed by atoms with Crippen LogP contribution in [0.2, 0.25) is 0 Å². The number of hydrogen-bond acceptors (Lipinski definition) is 9. The van der Waals surface area contributed by atoms with E-state index in [0.717, 1.165) is 22.7 Å². The monoisotopic (exact) mass is 462 g/mol. The van der Waals surface area contributed by atoms with Gasteiger partial charge in [0, 0.05) is 31.9 Å². The number of hydrogen-bond donors (Lipinski definition) is 0. The second-order valence-corrected chi connectivity index (χ2v) is 9.91. The minimum atomic E-state index is -3.79. The number of methoxy groups -OCH3 is 1. The van der Waals surface area contributed by atoms with Crippen LogP contribution in [0.1, 0.15) is 21.1 Å². The maximum atomic E-state index is 13.0. The highest BCUT2D eigenvalue weighted by molar-refractivity contribution is 7.89. The van der Waals surface area contributed by atoms with E-state index in [4.69, 9.17) is 4.74 Å². The lowest BCUT2D eigenvalue weighted by molar-refractivity contribution is 0.0602. The standard InChI is InChI=1S/C19H22N6O4S2/c1-13-12-14(2)25(22-13)17-5-4-16(20-21-17)23-7-9-24(10-8-23)31(27,28)15-6-11-30-18(15)19(26)29-3/h4-6,11-12H,7-10H2,1-3H3. The molecule has 3 aromatic heterocycles. The first-order valence-corrected chi connectivity index (χ1v) is 11.9. The van der Waals surface area contributed by atoms with Gasteiger partial charge in [-0.2, -0.15) is 9.40 Å². The molecule has 0 spiro atoms. The summed E-state index contributed by atoms with van der Waals surface area (Å²) in [5, 5.41) is 14.6. The van der Waals surface area contributed by atoms with Gasteiger partial charge in [-0.3, -0.25) is 0 Å². The summed E-state index contributed by atoms with van der Waals surface area (Å²) in [6.07, 6.45) is 0. The Morgan fingerprint density at radius 2 is 1.74 bits per heavy atom. The van der Waals surface area contributed by atoms with E-state index < -0.39 is 16.0 Å². The molecule has 1 aliphatic heterocycles.